The van der Waals surface area contributed by atoms with Crippen LogP contribution in [0.3, 0.4) is 0 Å². The number of ether oxygens (including phenoxy) is 1. The van der Waals surface area contributed by atoms with Gasteiger partial charge in [-0.05, 0) is 19.1 Å². The predicted octanol–water partition coefficient (Wildman–Crippen LogP) is 1.43. The molecule has 5 nitrogen and oxygen atoms in total. The molecule has 0 aliphatic carbocycles. The summed E-state index contributed by atoms with van der Waals surface area (Å²) in [6, 6.07) is 3.21. The molecule has 2 N–H and O–H groups in total. The van der Waals surface area contributed by atoms with E-state index in [1.54, 1.807) is 19.1 Å². The SMILES string of the molecule is CCOC(=O)/C(Cl)=C/Nc1ccc[nH]c1=O. The van der Waals surface area contributed by atoms with E-state index >= 15 is 0 Å². The quantitative estimate of drug-likeness (QED) is 0.619. The van der Waals surface area contributed by atoms with Crippen molar-refractivity contribution < 1.29 is 9.53 Å². The van der Waals surface area contributed by atoms with Gasteiger partial charge in [-0.25, -0.2) is 4.79 Å². The number of halogens is 1. The van der Waals surface area contributed by atoms with Crippen LogP contribution in [0, 0.1) is 0 Å². The van der Waals surface area contributed by atoms with Crippen LogP contribution < -0.4 is 10.9 Å². The van der Waals surface area contributed by atoms with Gasteiger partial charge in [0.15, 0.2) is 0 Å². The topological polar surface area (TPSA) is 71.2 Å². The second kappa shape index (κ2) is 5.97. The van der Waals surface area contributed by atoms with Crippen LogP contribution in [0.5, 0.6) is 0 Å². The largest absolute Gasteiger partial charge is 0.462 e. The van der Waals surface area contributed by atoms with Crippen LogP contribution in [0.15, 0.2) is 34.4 Å². The maximum absolute atomic E-state index is 11.2. The minimum absolute atomic E-state index is 0.120. The van der Waals surface area contributed by atoms with Gasteiger partial charge in [-0.3, -0.25) is 4.79 Å². The minimum atomic E-state index is -0.635. The van der Waals surface area contributed by atoms with E-state index in [1.165, 1.54) is 12.4 Å². The maximum Gasteiger partial charge on any atom is 0.351 e. The summed E-state index contributed by atoms with van der Waals surface area (Å²) >= 11 is 5.62. The lowest BCUT2D eigenvalue weighted by molar-refractivity contribution is -0.137. The average molecular weight is 243 g/mol. The van der Waals surface area contributed by atoms with E-state index in [2.05, 4.69) is 15.0 Å². The van der Waals surface area contributed by atoms with Crippen molar-refractivity contribution in [3.63, 3.8) is 0 Å². The van der Waals surface area contributed by atoms with Gasteiger partial charge in [0.25, 0.3) is 5.56 Å². The van der Waals surface area contributed by atoms with Crippen LogP contribution in [-0.4, -0.2) is 17.6 Å². The molecule has 1 heterocycles. The smallest absolute Gasteiger partial charge is 0.351 e. The lowest BCUT2D eigenvalue weighted by atomic mass is 10.4. The number of hydrogen-bond donors (Lipinski definition) is 2. The predicted molar refractivity (Wildman–Crippen MR) is 61.3 cm³/mol. The van der Waals surface area contributed by atoms with Crippen molar-refractivity contribution >= 4 is 23.3 Å². The number of nitrogens with one attached hydrogen (secondary N) is 2. The molecule has 0 spiro atoms. The molecule has 0 aliphatic rings. The molecule has 0 bridgehead atoms. The van der Waals surface area contributed by atoms with Gasteiger partial charge in [-0.1, -0.05) is 11.6 Å². The molecule has 0 radical (unpaired) electrons. The number of aromatic nitrogens is 1. The standard InChI is InChI=1S/C10H11ClN2O3/c1-2-16-10(15)7(11)6-13-8-4-3-5-12-9(8)14/h3-6,13H,2H2,1H3,(H,12,14)/b7-6-. The number of hydrogen-bond acceptors (Lipinski definition) is 4. The Kier molecular flexibility index (Phi) is 4.60. The summed E-state index contributed by atoms with van der Waals surface area (Å²) in [5, 5.41) is 2.49. The highest BCUT2D eigenvalue weighted by atomic mass is 35.5. The fourth-order valence-corrected chi connectivity index (χ4v) is 1.04. The summed E-state index contributed by atoms with van der Waals surface area (Å²) in [4.78, 5) is 24.8. The Hall–Kier alpha value is -1.75. The van der Waals surface area contributed by atoms with Gasteiger partial charge in [0, 0.05) is 12.4 Å². The van der Waals surface area contributed by atoms with Crippen LogP contribution in [0.2, 0.25) is 0 Å². The molecule has 0 fully saturated rings. The highest BCUT2D eigenvalue weighted by Gasteiger charge is 2.06. The van der Waals surface area contributed by atoms with Gasteiger partial charge >= 0.3 is 5.97 Å². The summed E-state index contributed by atoms with van der Waals surface area (Å²) in [6.45, 7) is 1.92. The van der Waals surface area contributed by atoms with E-state index in [0.717, 1.165) is 0 Å². The highest BCUT2D eigenvalue weighted by Crippen LogP contribution is 2.05. The summed E-state index contributed by atoms with van der Waals surface area (Å²) in [6.07, 6.45) is 2.72. The molecule has 0 aromatic carbocycles. The number of pyridine rings is 1. The Bertz CT molecular complexity index is 453. The minimum Gasteiger partial charge on any atom is -0.462 e. The first-order valence-electron chi connectivity index (χ1n) is 4.62. The van der Waals surface area contributed by atoms with E-state index in [0.29, 0.717) is 5.69 Å². The van der Waals surface area contributed by atoms with E-state index < -0.39 is 5.97 Å². The Labute approximate surface area is 97.1 Å². The van der Waals surface area contributed by atoms with Gasteiger partial charge in [-0.2, -0.15) is 0 Å². The van der Waals surface area contributed by atoms with E-state index in [9.17, 15) is 9.59 Å². The van der Waals surface area contributed by atoms with Crippen LogP contribution in [-0.2, 0) is 9.53 Å². The summed E-state index contributed by atoms with van der Waals surface area (Å²) in [7, 11) is 0. The molecule has 0 atom stereocenters. The molecule has 1 aromatic rings. The van der Waals surface area contributed by atoms with E-state index in [-0.39, 0.29) is 17.2 Å². The first-order valence-corrected chi connectivity index (χ1v) is 5.00. The molecular formula is C10H11ClN2O3. The second-order valence-electron chi connectivity index (χ2n) is 2.77. The second-order valence-corrected chi connectivity index (χ2v) is 3.18. The highest BCUT2D eigenvalue weighted by molar-refractivity contribution is 6.41. The van der Waals surface area contributed by atoms with Gasteiger partial charge in [0.05, 0.1) is 6.61 Å². The number of rotatable bonds is 4. The maximum atomic E-state index is 11.2. The van der Waals surface area contributed by atoms with Gasteiger partial charge in [0.1, 0.15) is 10.7 Å². The molecule has 6 heteroatoms. The Morgan fingerprint density at radius 2 is 2.44 bits per heavy atom. The number of H-pyrrole nitrogens is 1. The molecule has 16 heavy (non-hydrogen) atoms. The van der Waals surface area contributed by atoms with Gasteiger partial charge in [0.2, 0.25) is 0 Å². The number of esters is 1. The number of carbonyl (C=O) groups is 1. The zero-order chi connectivity index (χ0) is 12.0. The lowest BCUT2D eigenvalue weighted by Crippen LogP contribution is -2.11. The Morgan fingerprint density at radius 3 is 3.06 bits per heavy atom. The number of anilines is 1. The molecule has 86 valence electrons. The summed E-state index contributed by atoms with van der Waals surface area (Å²) in [5.74, 6) is -0.635. The third-order valence-electron chi connectivity index (χ3n) is 1.64. The van der Waals surface area contributed by atoms with Crippen molar-refractivity contribution in [3.8, 4) is 0 Å². The van der Waals surface area contributed by atoms with Crippen molar-refractivity contribution in [1.29, 1.82) is 0 Å². The van der Waals surface area contributed by atoms with Crippen LogP contribution in [0.4, 0.5) is 5.69 Å². The van der Waals surface area contributed by atoms with Crippen LogP contribution in [0.1, 0.15) is 6.92 Å². The molecule has 1 aromatic heterocycles. The summed E-state index contributed by atoms with van der Waals surface area (Å²) in [5.41, 5.74) is -0.00276. The number of carbonyl (C=O) groups excluding carboxylic acids is 1. The molecular weight excluding hydrogens is 232 g/mol. The fraction of sp³-hybridized carbons (Fsp3) is 0.200. The molecule has 0 unspecified atom stereocenters. The third kappa shape index (κ3) is 3.43. The lowest BCUT2D eigenvalue weighted by Gasteiger charge is -2.01. The molecule has 1 rings (SSSR count). The zero-order valence-corrected chi connectivity index (χ0v) is 9.38. The van der Waals surface area contributed by atoms with Gasteiger partial charge in [-0.15, -0.1) is 0 Å². The van der Waals surface area contributed by atoms with Crippen molar-refractivity contribution in [2.45, 2.75) is 6.92 Å². The average Bonchev–Trinajstić information content (AvgIpc) is 2.28. The van der Waals surface area contributed by atoms with Crippen molar-refractivity contribution in [1.82, 2.24) is 4.98 Å². The Morgan fingerprint density at radius 1 is 1.69 bits per heavy atom. The van der Waals surface area contributed by atoms with Gasteiger partial charge < -0.3 is 15.0 Å². The van der Waals surface area contributed by atoms with Crippen LogP contribution >= 0.6 is 11.6 Å². The van der Waals surface area contributed by atoms with Crippen LogP contribution in [0.25, 0.3) is 0 Å². The van der Waals surface area contributed by atoms with Crippen molar-refractivity contribution in [2.75, 3.05) is 11.9 Å². The van der Waals surface area contributed by atoms with Crippen molar-refractivity contribution in [3.05, 3.63) is 39.9 Å². The third-order valence-corrected chi connectivity index (χ3v) is 1.91. The summed E-state index contributed by atoms with van der Waals surface area (Å²) < 4.78 is 4.66. The molecule has 0 aliphatic heterocycles. The number of aromatic amines is 1. The Balaban J connectivity index is 2.70. The monoisotopic (exact) mass is 242 g/mol. The van der Waals surface area contributed by atoms with Crippen molar-refractivity contribution in [2.24, 2.45) is 0 Å². The molecule has 0 saturated carbocycles. The fourth-order valence-electron chi connectivity index (χ4n) is 0.935. The first kappa shape index (κ1) is 12.3. The molecule has 0 saturated heterocycles. The van der Waals surface area contributed by atoms with E-state index in [1.807, 2.05) is 0 Å². The first-order chi connectivity index (χ1) is 7.65. The normalized spacial score (nSPS) is 11.0. The van der Waals surface area contributed by atoms with E-state index in [4.69, 9.17) is 11.6 Å². The molecule has 0 amide bonds. The zero-order valence-electron chi connectivity index (χ0n) is 8.62.